The normalized spacial score (nSPS) is 20.3. The number of halogens is 3. The molecule has 1 heterocycles. The summed E-state index contributed by atoms with van der Waals surface area (Å²) < 4.78 is 13.6. The van der Waals surface area contributed by atoms with Crippen LogP contribution in [0.25, 0.3) is 0 Å². The van der Waals surface area contributed by atoms with E-state index in [-0.39, 0.29) is 18.2 Å². The summed E-state index contributed by atoms with van der Waals surface area (Å²) in [6.07, 6.45) is 2.23. The summed E-state index contributed by atoms with van der Waals surface area (Å²) in [4.78, 5) is 2.21. The molecule has 0 aliphatic carbocycles. The van der Waals surface area contributed by atoms with Crippen LogP contribution in [0.15, 0.2) is 18.2 Å². The van der Waals surface area contributed by atoms with Gasteiger partial charge in [0.15, 0.2) is 0 Å². The first kappa shape index (κ1) is 14.7. The second-order valence-electron chi connectivity index (χ2n) is 4.20. The molecule has 1 unspecified atom stereocenters. The second kappa shape index (κ2) is 6.55. The smallest absolute Gasteiger partial charge is 0.129 e. The van der Waals surface area contributed by atoms with Crippen molar-refractivity contribution in [1.29, 1.82) is 0 Å². The van der Waals surface area contributed by atoms with E-state index in [0.717, 1.165) is 19.4 Å². The Balaban J connectivity index is 0.00000144. The summed E-state index contributed by atoms with van der Waals surface area (Å²) in [6, 6.07) is 5.18. The van der Waals surface area contributed by atoms with Gasteiger partial charge >= 0.3 is 0 Å². The maximum Gasteiger partial charge on any atom is 0.129 e. The molecule has 0 bridgehead atoms. The van der Waals surface area contributed by atoms with Crippen LogP contribution in [0.3, 0.4) is 0 Å². The zero-order valence-electron chi connectivity index (χ0n) is 9.53. The van der Waals surface area contributed by atoms with Crippen LogP contribution < -0.4 is 5.73 Å². The van der Waals surface area contributed by atoms with Gasteiger partial charge in [0.05, 0.1) is 0 Å². The van der Waals surface area contributed by atoms with Crippen LogP contribution in [-0.2, 0) is 6.54 Å². The molecule has 1 saturated heterocycles. The highest BCUT2D eigenvalue weighted by molar-refractivity contribution is 6.31. The Bertz CT molecular complexity index is 353. The lowest BCUT2D eigenvalue weighted by Gasteiger charge is -2.23. The van der Waals surface area contributed by atoms with Gasteiger partial charge in [-0.2, -0.15) is 0 Å². The monoisotopic (exact) mass is 278 g/mol. The maximum absolute atomic E-state index is 13.6. The van der Waals surface area contributed by atoms with E-state index in [9.17, 15) is 4.39 Å². The van der Waals surface area contributed by atoms with Crippen LogP contribution in [0.1, 0.15) is 18.4 Å². The molecule has 2 rings (SSSR count). The number of nitrogens with zero attached hydrogens (tertiary/aromatic N) is 1. The Kier molecular flexibility index (Phi) is 5.67. The first-order valence-electron chi connectivity index (χ1n) is 5.59. The molecule has 1 aromatic carbocycles. The van der Waals surface area contributed by atoms with Gasteiger partial charge in [0.1, 0.15) is 5.82 Å². The molecule has 1 aliphatic heterocycles. The lowest BCUT2D eigenvalue weighted by atomic mass is 10.1. The van der Waals surface area contributed by atoms with Gasteiger partial charge in [-0.3, -0.25) is 4.90 Å². The lowest BCUT2D eigenvalue weighted by Crippen LogP contribution is -2.35. The highest BCUT2D eigenvalue weighted by Gasteiger charge is 2.24. The number of rotatable bonds is 3. The van der Waals surface area contributed by atoms with E-state index in [1.807, 2.05) is 0 Å². The molecule has 96 valence electrons. The van der Waals surface area contributed by atoms with Gasteiger partial charge in [-0.1, -0.05) is 17.7 Å². The van der Waals surface area contributed by atoms with Gasteiger partial charge < -0.3 is 5.73 Å². The van der Waals surface area contributed by atoms with Gasteiger partial charge in [-0.25, -0.2) is 4.39 Å². The predicted octanol–water partition coefficient (Wildman–Crippen LogP) is 2.82. The van der Waals surface area contributed by atoms with Gasteiger partial charge in [0, 0.05) is 29.7 Å². The van der Waals surface area contributed by atoms with Crippen molar-refractivity contribution >= 4 is 24.0 Å². The average Bonchev–Trinajstić information content (AvgIpc) is 2.71. The van der Waals surface area contributed by atoms with Crippen LogP contribution in [0, 0.1) is 5.82 Å². The Morgan fingerprint density at radius 2 is 2.24 bits per heavy atom. The van der Waals surface area contributed by atoms with Crippen molar-refractivity contribution in [1.82, 2.24) is 4.90 Å². The van der Waals surface area contributed by atoms with Crippen LogP contribution in [-0.4, -0.2) is 24.0 Å². The minimum absolute atomic E-state index is 0. The van der Waals surface area contributed by atoms with Crippen molar-refractivity contribution in [3.05, 3.63) is 34.6 Å². The molecule has 0 aromatic heterocycles. The molecule has 1 atom stereocenters. The summed E-state index contributed by atoms with van der Waals surface area (Å²) in [5.74, 6) is -0.227. The summed E-state index contributed by atoms with van der Waals surface area (Å²) in [5, 5.41) is 0.502. The molecule has 0 saturated carbocycles. The highest BCUT2D eigenvalue weighted by atomic mass is 35.5. The average molecular weight is 279 g/mol. The number of nitrogens with two attached hydrogens (primary N) is 1. The topological polar surface area (TPSA) is 29.3 Å². The summed E-state index contributed by atoms with van der Waals surface area (Å²) in [5.41, 5.74) is 6.27. The van der Waals surface area contributed by atoms with E-state index in [4.69, 9.17) is 17.3 Å². The maximum atomic E-state index is 13.6. The van der Waals surface area contributed by atoms with E-state index < -0.39 is 0 Å². The largest absolute Gasteiger partial charge is 0.329 e. The van der Waals surface area contributed by atoms with Crippen LogP contribution in [0.2, 0.25) is 5.02 Å². The molecule has 17 heavy (non-hydrogen) atoms. The fourth-order valence-electron chi connectivity index (χ4n) is 2.26. The van der Waals surface area contributed by atoms with E-state index in [1.54, 1.807) is 12.1 Å². The quantitative estimate of drug-likeness (QED) is 0.921. The Hall–Kier alpha value is -0.350. The third kappa shape index (κ3) is 3.32. The van der Waals surface area contributed by atoms with Crippen molar-refractivity contribution in [3.63, 3.8) is 0 Å². The van der Waals surface area contributed by atoms with Crippen molar-refractivity contribution < 1.29 is 4.39 Å². The number of likely N-dealkylation sites (tertiary alicyclic amines) is 1. The third-order valence-electron chi connectivity index (χ3n) is 3.19. The summed E-state index contributed by atoms with van der Waals surface area (Å²) >= 11 is 6.00. The van der Waals surface area contributed by atoms with Crippen molar-refractivity contribution in [2.45, 2.75) is 25.4 Å². The Labute approximate surface area is 112 Å². The van der Waals surface area contributed by atoms with Crippen molar-refractivity contribution in [2.75, 3.05) is 13.1 Å². The summed E-state index contributed by atoms with van der Waals surface area (Å²) in [7, 11) is 0. The fraction of sp³-hybridized carbons (Fsp3) is 0.500. The minimum Gasteiger partial charge on any atom is -0.329 e. The molecular formula is C12H17Cl2FN2. The molecular weight excluding hydrogens is 262 g/mol. The minimum atomic E-state index is -0.227. The van der Waals surface area contributed by atoms with E-state index in [1.165, 1.54) is 6.07 Å². The van der Waals surface area contributed by atoms with Crippen LogP contribution >= 0.6 is 24.0 Å². The van der Waals surface area contributed by atoms with E-state index >= 15 is 0 Å². The first-order valence-corrected chi connectivity index (χ1v) is 5.97. The Morgan fingerprint density at radius 3 is 2.88 bits per heavy atom. The zero-order chi connectivity index (χ0) is 11.5. The molecule has 0 radical (unpaired) electrons. The second-order valence-corrected chi connectivity index (χ2v) is 4.61. The lowest BCUT2D eigenvalue weighted by molar-refractivity contribution is 0.247. The summed E-state index contributed by atoms with van der Waals surface area (Å²) in [6.45, 7) is 2.17. The standard InChI is InChI=1S/C12H16ClFN2.ClH/c13-11-4-1-5-12(14)10(11)8-16-6-2-3-9(16)7-15;/h1,4-5,9H,2-3,6-8,15H2;1H. The van der Waals surface area contributed by atoms with Crippen molar-refractivity contribution in [2.24, 2.45) is 5.73 Å². The van der Waals surface area contributed by atoms with E-state index in [0.29, 0.717) is 29.7 Å². The molecule has 2 nitrogen and oxygen atoms in total. The highest BCUT2D eigenvalue weighted by Crippen LogP contribution is 2.25. The van der Waals surface area contributed by atoms with Crippen LogP contribution in [0.4, 0.5) is 4.39 Å². The molecule has 0 amide bonds. The van der Waals surface area contributed by atoms with Gasteiger partial charge in [0.25, 0.3) is 0 Å². The fourth-order valence-corrected chi connectivity index (χ4v) is 2.48. The van der Waals surface area contributed by atoms with Gasteiger partial charge in [-0.05, 0) is 31.5 Å². The van der Waals surface area contributed by atoms with Gasteiger partial charge in [-0.15, -0.1) is 12.4 Å². The van der Waals surface area contributed by atoms with Crippen molar-refractivity contribution in [3.8, 4) is 0 Å². The SMILES string of the molecule is Cl.NCC1CCCN1Cc1c(F)cccc1Cl. The number of benzene rings is 1. The molecule has 1 aliphatic rings. The molecule has 0 spiro atoms. The number of hydrogen-bond donors (Lipinski definition) is 1. The molecule has 5 heteroatoms. The first-order chi connectivity index (χ1) is 7.72. The predicted molar refractivity (Wildman–Crippen MR) is 71.1 cm³/mol. The molecule has 1 fully saturated rings. The third-order valence-corrected chi connectivity index (χ3v) is 3.55. The zero-order valence-corrected chi connectivity index (χ0v) is 11.1. The molecule has 1 aromatic rings. The molecule has 2 N–H and O–H groups in total. The Morgan fingerprint density at radius 1 is 1.47 bits per heavy atom. The van der Waals surface area contributed by atoms with E-state index in [2.05, 4.69) is 4.90 Å². The van der Waals surface area contributed by atoms with Crippen LogP contribution in [0.5, 0.6) is 0 Å². The van der Waals surface area contributed by atoms with Gasteiger partial charge in [0.2, 0.25) is 0 Å². The number of hydrogen-bond acceptors (Lipinski definition) is 2.